The Kier molecular flexibility index (Phi) is 5.54. The number of aromatic nitrogens is 2. The van der Waals surface area contributed by atoms with Gasteiger partial charge in [0, 0.05) is 13.1 Å². The molecule has 11 heteroatoms. The smallest absolute Gasteiger partial charge is 0.283 e. The van der Waals surface area contributed by atoms with E-state index in [1.807, 2.05) is 0 Å². The summed E-state index contributed by atoms with van der Waals surface area (Å²) in [6.07, 6.45) is 0. The highest BCUT2D eigenvalue weighted by Crippen LogP contribution is 2.28. The molecule has 3 rings (SSSR count). The Morgan fingerprint density at radius 2 is 1.68 bits per heavy atom. The van der Waals surface area contributed by atoms with Gasteiger partial charge in [-0.3, -0.25) is 0 Å². The van der Waals surface area contributed by atoms with Gasteiger partial charge in [0.05, 0.1) is 36.6 Å². The SMILES string of the molecule is COc1ccc(S(=O)(=O)n2nc(C)c(S(=O)(=O)N3CCOCC3)c2C)cc1C. The summed E-state index contributed by atoms with van der Waals surface area (Å²) in [5, 5.41) is 4.05. The van der Waals surface area contributed by atoms with E-state index in [1.54, 1.807) is 13.0 Å². The second-order valence-electron chi connectivity index (χ2n) is 6.50. The second kappa shape index (κ2) is 7.47. The largest absolute Gasteiger partial charge is 0.496 e. The highest BCUT2D eigenvalue weighted by molar-refractivity contribution is 7.90. The fraction of sp³-hybridized carbons (Fsp3) is 0.471. The van der Waals surface area contributed by atoms with E-state index in [-0.39, 0.29) is 34.3 Å². The lowest BCUT2D eigenvalue weighted by Gasteiger charge is -2.26. The third kappa shape index (κ3) is 3.43. The summed E-state index contributed by atoms with van der Waals surface area (Å²) in [5.74, 6) is 0.558. The molecule has 1 aromatic heterocycles. The van der Waals surface area contributed by atoms with E-state index < -0.39 is 20.0 Å². The predicted octanol–water partition coefficient (Wildman–Crippen LogP) is 1.07. The minimum absolute atomic E-state index is 0.00622. The van der Waals surface area contributed by atoms with Gasteiger partial charge in [0.25, 0.3) is 10.0 Å². The van der Waals surface area contributed by atoms with Crippen molar-refractivity contribution >= 4 is 20.0 Å². The molecule has 0 bridgehead atoms. The Hall–Kier alpha value is -1.95. The van der Waals surface area contributed by atoms with Crippen LogP contribution in [0.3, 0.4) is 0 Å². The zero-order chi connectivity index (χ0) is 20.7. The summed E-state index contributed by atoms with van der Waals surface area (Å²) >= 11 is 0. The van der Waals surface area contributed by atoms with Crippen LogP contribution in [-0.4, -0.2) is 63.7 Å². The molecule has 1 fully saturated rings. The van der Waals surface area contributed by atoms with Gasteiger partial charge in [-0.2, -0.15) is 21.9 Å². The molecular formula is C17H23N3O6S2. The van der Waals surface area contributed by atoms with Gasteiger partial charge in [-0.15, -0.1) is 0 Å². The van der Waals surface area contributed by atoms with E-state index in [4.69, 9.17) is 9.47 Å². The summed E-state index contributed by atoms with van der Waals surface area (Å²) in [7, 11) is -6.45. The minimum Gasteiger partial charge on any atom is -0.496 e. The zero-order valence-corrected chi connectivity index (χ0v) is 17.8. The zero-order valence-electron chi connectivity index (χ0n) is 16.2. The summed E-state index contributed by atoms with van der Waals surface area (Å²) in [5.41, 5.74) is 0.835. The van der Waals surface area contributed by atoms with E-state index in [0.29, 0.717) is 24.5 Å². The van der Waals surface area contributed by atoms with Crippen LogP contribution in [0.4, 0.5) is 0 Å². The van der Waals surface area contributed by atoms with Gasteiger partial charge in [0.2, 0.25) is 10.0 Å². The van der Waals surface area contributed by atoms with Crippen LogP contribution in [0.15, 0.2) is 28.0 Å². The van der Waals surface area contributed by atoms with E-state index in [2.05, 4.69) is 5.10 Å². The average molecular weight is 430 g/mol. The Balaban J connectivity index is 2.09. The maximum Gasteiger partial charge on any atom is 0.283 e. The first-order valence-electron chi connectivity index (χ1n) is 8.65. The molecule has 0 atom stereocenters. The molecule has 0 aliphatic carbocycles. The molecule has 9 nitrogen and oxygen atoms in total. The van der Waals surface area contributed by atoms with Crippen molar-refractivity contribution in [1.29, 1.82) is 0 Å². The predicted molar refractivity (Wildman–Crippen MR) is 102 cm³/mol. The van der Waals surface area contributed by atoms with Gasteiger partial charge in [0.15, 0.2) is 0 Å². The van der Waals surface area contributed by atoms with Gasteiger partial charge < -0.3 is 9.47 Å². The van der Waals surface area contributed by atoms with Gasteiger partial charge in [-0.1, -0.05) is 0 Å². The quantitative estimate of drug-likeness (QED) is 0.700. The van der Waals surface area contributed by atoms with Crippen LogP contribution in [0.25, 0.3) is 0 Å². The molecule has 0 radical (unpaired) electrons. The van der Waals surface area contributed by atoms with Crippen molar-refractivity contribution in [2.24, 2.45) is 0 Å². The van der Waals surface area contributed by atoms with E-state index in [9.17, 15) is 16.8 Å². The number of hydrogen-bond acceptors (Lipinski definition) is 7. The molecule has 154 valence electrons. The van der Waals surface area contributed by atoms with Crippen molar-refractivity contribution in [2.45, 2.75) is 30.6 Å². The molecule has 0 unspecified atom stereocenters. The third-order valence-electron chi connectivity index (χ3n) is 4.64. The van der Waals surface area contributed by atoms with E-state index in [1.165, 1.54) is 37.4 Å². The lowest BCUT2D eigenvalue weighted by molar-refractivity contribution is 0.0730. The lowest BCUT2D eigenvalue weighted by atomic mass is 10.2. The standard InChI is InChI=1S/C17H23N3O6S2/c1-12-11-15(5-6-16(12)25-4)27(21,22)20-14(3)17(13(2)18-20)28(23,24)19-7-9-26-10-8-19/h5-6,11H,7-10H2,1-4H3. The van der Waals surface area contributed by atoms with Crippen LogP contribution in [0.2, 0.25) is 0 Å². The molecule has 2 aromatic rings. The van der Waals surface area contributed by atoms with Crippen LogP contribution < -0.4 is 4.74 Å². The first-order chi connectivity index (χ1) is 13.1. The highest BCUT2D eigenvalue weighted by Gasteiger charge is 2.34. The van der Waals surface area contributed by atoms with Gasteiger partial charge >= 0.3 is 0 Å². The minimum atomic E-state index is -4.07. The monoisotopic (exact) mass is 429 g/mol. The summed E-state index contributed by atoms with van der Waals surface area (Å²) < 4.78 is 64.8. The molecule has 1 aliphatic heterocycles. The van der Waals surface area contributed by atoms with Crippen molar-refractivity contribution in [3.63, 3.8) is 0 Å². The number of sulfonamides is 1. The van der Waals surface area contributed by atoms with Crippen molar-refractivity contribution < 1.29 is 26.3 Å². The van der Waals surface area contributed by atoms with E-state index >= 15 is 0 Å². The molecule has 0 N–H and O–H groups in total. The number of aryl methyl sites for hydroxylation is 2. The second-order valence-corrected chi connectivity index (χ2v) is 10.1. The van der Waals surface area contributed by atoms with Crippen molar-refractivity contribution in [3.05, 3.63) is 35.2 Å². The average Bonchev–Trinajstić information content (AvgIpc) is 2.98. The van der Waals surface area contributed by atoms with Crippen LogP contribution in [0, 0.1) is 20.8 Å². The number of benzene rings is 1. The molecular weight excluding hydrogens is 406 g/mol. The fourth-order valence-corrected chi connectivity index (χ4v) is 6.51. The van der Waals surface area contributed by atoms with Crippen LogP contribution in [0.1, 0.15) is 17.0 Å². The maximum absolute atomic E-state index is 13.1. The molecule has 0 amide bonds. The first kappa shape index (κ1) is 20.8. The Bertz CT molecular complexity index is 1100. The summed E-state index contributed by atoms with van der Waals surface area (Å²) in [6, 6.07) is 4.44. The van der Waals surface area contributed by atoms with Crippen LogP contribution in [-0.2, 0) is 24.8 Å². The van der Waals surface area contributed by atoms with Crippen LogP contribution >= 0.6 is 0 Å². The Morgan fingerprint density at radius 1 is 1.04 bits per heavy atom. The molecule has 0 spiro atoms. The molecule has 2 heterocycles. The lowest BCUT2D eigenvalue weighted by Crippen LogP contribution is -2.41. The van der Waals surface area contributed by atoms with Gasteiger partial charge in [0.1, 0.15) is 10.6 Å². The first-order valence-corrected chi connectivity index (χ1v) is 11.5. The molecule has 0 saturated carbocycles. The van der Waals surface area contributed by atoms with Gasteiger partial charge in [-0.25, -0.2) is 8.42 Å². The highest BCUT2D eigenvalue weighted by atomic mass is 32.2. The Labute approximate surface area is 165 Å². The number of ether oxygens (including phenoxy) is 2. The normalized spacial score (nSPS) is 16.3. The third-order valence-corrected chi connectivity index (χ3v) is 8.46. The van der Waals surface area contributed by atoms with Crippen molar-refractivity contribution in [3.8, 4) is 5.75 Å². The number of morpholine rings is 1. The van der Waals surface area contributed by atoms with E-state index in [0.717, 1.165) is 4.09 Å². The maximum atomic E-state index is 13.1. The van der Waals surface area contributed by atoms with Crippen molar-refractivity contribution in [1.82, 2.24) is 13.5 Å². The topological polar surface area (TPSA) is 108 Å². The number of nitrogens with zero attached hydrogens (tertiary/aromatic N) is 3. The van der Waals surface area contributed by atoms with Crippen molar-refractivity contribution in [2.75, 3.05) is 33.4 Å². The summed E-state index contributed by atoms with van der Waals surface area (Å²) in [4.78, 5) is -0.0741. The fourth-order valence-electron chi connectivity index (χ4n) is 3.24. The van der Waals surface area contributed by atoms with Crippen LogP contribution in [0.5, 0.6) is 5.75 Å². The molecule has 1 aromatic carbocycles. The number of methoxy groups -OCH3 is 1. The number of rotatable bonds is 5. The molecule has 1 saturated heterocycles. The Morgan fingerprint density at radius 3 is 2.25 bits per heavy atom. The number of hydrogen-bond donors (Lipinski definition) is 0. The molecule has 1 aliphatic rings. The van der Waals surface area contributed by atoms with Gasteiger partial charge in [-0.05, 0) is 44.5 Å². The summed E-state index contributed by atoms with van der Waals surface area (Å²) in [6.45, 7) is 5.71. The molecule has 28 heavy (non-hydrogen) atoms.